The minimum absolute atomic E-state index is 0.101. The fourth-order valence-electron chi connectivity index (χ4n) is 2.40. The number of rotatable bonds is 6. The molecule has 1 aliphatic rings. The Balaban J connectivity index is 1.81. The van der Waals surface area contributed by atoms with E-state index in [1.54, 1.807) is 6.26 Å². The van der Waals surface area contributed by atoms with Crippen molar-refractivity contribution in [3.63, 3.8) is 0 Å². The van der Waals surface area contributed by atoms with E-state index in [2.05, 4.69) is 20.8 Å². The Kier molecular flexibility index (Phi) is 3.77. The van der Waals surface area contributed by atoms with Crippen LogP contribution in [0.25, 0.3) is 0 Å². The van der Waals surface area contributed by atoms with Crippen molar-refractivity contribution in [2.45, 2.75) is 31.5 Å². The number of furan rings is 2. The Hall–Kier alpha value is -1.04. The molecule has 4 nitrogen and oxygen atoms in total. The van der Waals surface area contributed by atoms with E-state index in [4.69, 9.17) is 14.6 Å². The summed E-state index contributed by atoms with van der Waals surface area (Å²) in [5.41, 5.74) is 5.96. The predicted molar refractivity (Wildman–Crippen MR) is 75.5 cm³/mol. The topological polar surface area (TPSA) is 55.5 Å². The first kappa shape index (κ1) is 13.0. The first-order chi connectivity index (χ1) is 9.28. The van der Waals surface area contributed by atoms with Crippen LogP contribution in [0.15, 0.2) is 44.0 Å². The lowest BCUT2D eigenvalue weighted by molar-refractivity contribution is 0.148. The Morgan fingerprint density at radius 3 is 2.74 bits per heavy atom. The van der Waals surface area contributed by atoms with Gasteiger partial charge in [0.05, 0.1) is 18.8 Å². The van der Waals surface area contributed by atoms with Gasteiger partial charge in [0.25, 0.3) is 0 Å². The molecule has 0 saturated heterocycles. The molecule has 102 valence electrons. The van der Waals surface area contributed by atoms with Gasteiger partial charge in [0, 0.05) is 12.6 Å². The number of hydrogen-bond donors (Lipinski definition) is 1. The normalized spacial score (nSPS) is 17.0. The van der Waals surface area contributed by atoms with Crippen molar-refractivity contribution in [2.24, 2.45) is 5.73 Å². The Bertz CT molecular complexity index is 519. The molecular weight excluding hydrogens is 308 g/mol. The van der Waals surface area contributed by atoms with Crippen molar-refractivity contribution >= 4 is 15.9 Å². The zero-order valence-corrected chi connectivity index (χ0v) is 12.2. The summed E-state index contributed by atoms with van der Waals surface area (Å²) in [7, 11) is 0. The van der Waals surface area contributed by atoms with Gasteiger partial charge in [0.15, 0.2) is 4.67 Å². The standard InChI is InChI=1S/C14H17BrN2O2/c15-14-6-5-13(19-14)12(8-16)17(10-3-4-10)9-11-2-1-7-18-11/h1-2,5-7,10,12H,3-4,8-9,16H2. The molecule has 2 aromatic rings. The van der Waals surface area contributed by atoms with Gasteiger partial charge in [-0.2, -0.15) is 0 Å². The zero-order chi connectivity index (χ0) is 13.2. The van der Waals surface area contributed by atoms with Gasteiger partial charge >= 0.3 is 0 Å². The lowest BCUT2D eigenvalue weighted by Crippen LogP contribution is -2.34. The van der Waals surface area contributed by atoms with Gasteiger partial charge in [0.2, 0.25) is 0 Å². The molecule has 1 aliphatic carbocycles. The van der Waals surface area contributed by atoms with E-state index in [1.165, 1.54) is 12.8 Å². The molecule has 3 rings (SSSR count). The highest BCUT2D eigenvalue weighted by atomic mass is 79.9. The van der Waals surface area contributed by atoms with E-state index in [9.17, 15) is 0 Å². The van der Waals surface area contributed by atoms with Gasteiger partial charge in [-0.05, 0) is 53.0 Å². The van der Waals surface area contributed by atoms with Crippen LogP contribution in [0.1, 0.15) is 30.4 Å². The van der Waals surface area contributed by atoms with Crippen LogP contribution in [0.2, 0.25) is 0 Å². The van der Waals surface area contributed by atoms with Crippen LogP contribution in [0.4, 0.5) is 0 Å². The van der Waals surface area contributed by atoms with Gasteiger partial charge in [0.1, 0.15) is 11.5 Å². The van der Waals surface area contributed by atoms with Crippen LogP contribution in [0, 0.1) is 0 Å². The fraction of sp³-hybridized carbons (Fsp3) is 0.429. The molecule has 5 heteroatoms. The molecule has 0 aliphatic heterocycles. The van der Waals surface area contributed by atoms with Gasteiger partial charge in [-0.1, -0.05) is 0 Å². The molecule has 19 heavy (non-hydrogen) atoms. The third kappa shape index (κ3) is 2.94. The van der Waals surface area contributed by atoms with Crippen molar-refractivity contribution in [1.82, 2.24) is 4.90 Å². The second-order valence-electron chi connectivity index (χ2n) is 4.88. The van der Waals surface area contributed by atoms with Gasteiger partial charge in [-0.15, -0.1) is 0 Å². The molecule has 0 radical (unpaired) electrons. The molecule has 1 fully saturated rings. The first-order valence-electron chi connectivity index (χ1n) is 6.51. The highest BCUT2D eigenvalue weighted by molar-refractivity contribution is 9.10. The molecule has 1 atom stereocenters. The van der Waals surface area contributed by atoms with E-state index in [0.717, 1.165) is 22.7 Å². The fourth-order valence-corrected chi connectivity index (χ4v) is 2.72. The molecule has 2 heterocycles. The van der Waals surface area contributed by atoms with Crippen LogP contribution in [-0.2, 0) is 6.54 Å². The molecule has 2 N–H and O–H groups in total. The Labute approximate surface area is 120 Å². The van der Waals surface area contributed by atoms with E-state index >= 15 is 0 Å². The van der Waals surface area contributed by atoms with Gasteiger partial charge in [-0.25, -0.2) is 0 Å². The summed E-state index contributed by atoms with van der Waals surface area (Å²) in [6.07, 6.45) is 4.15. The third-order valence-electron chi connectivity index (χ3n) is 3.48. The average Bonchev–Trinajstić information content (AvgIpc) is 2.95. The molecular formula is C14H17BrN2O2. The van der Waals surface area contributed by atoms with E-state index < -0.39 is 0 Å². The molecule has 1 saturated carbocycles. The first-order valence-corrected chi connectivity index (χ1v) is 7.30. The van der Waals surface area contributed by atoms with Crippen LogP contribution >= 0.6 is 15.9 Å². The summed E-state index contributed by atoms with van der Waals surface area (Å²) in [4.78, 5) is 2.38. The van der Waals surface area contributed by atoms with Crippen molar-refractivity contribution in [1.29, 1.82) is 0 Å². The minimum atomic E-state index is 0.101. The van der Waals surface area contributed by atoms with Crippen molar-refractivity contribution < 1.29 is 8.83 Å². The zero-order valence-electron chi connectivity index (χ0n) is 10.6. The Morgan fingerprint density at radius 1 is 1.37 bits per heavy atom. The van der Waals surface area contributed by atoms with E-state index in [0.29, 0.717) is 12.6 Å². The lowest BCUT2D eigenvalue weighted by atomic mass is 10.1. The second kappa shape index (κ2) is 5.53. The van der Waals surface area contributed by atoms with Crippen LogP contribution in [-0.4, -0.2) is 17.5 Å². The van der Waals surface area contributed by atoms with Crippen LogP contribution in [0.5, 0.6) is 0 Å². The monoisotopic (exact) mass is 324 g/mol. The quantitative estimate of drug-likeness (QED) is 0.885. The van der Waals surface area contributed by atoms with Crippen LogP contribution < -0.4 is 5.73 Å². The van der Waals surface area contributed by atoms with E-state index in [1.807, 2.05) is 24.3 Å². The third-order valence-corrected chi connectivity index (χ3v) is 3.91. The van der Waals surface area contributed by atoms with Crippen molar-refractivity contribution in [3.8, 4) is 0 Å². The highest BCUT2D eigenvalue weighted by Gasteiger charge is 2.35. The van der Waals surface area contributed by atoms with Crippen LogP contribution in [0.3, 0.4) is 0 Å². The summed E-state index contributed by atoms with van der Waals surface area (Å²) < 4.78 is 11.9. The molecule has 1 unspecified atom stereocenters. The second-order valence-corrected chi connectivity index (χ2v) is 5.66. The summed E-state index contributed by atoms with van der Waals surface area (Å²) in [5, 5.41) is 0. The molecule has 0 bridgehead atoms. The van der Waals surface area contributed by atoms with E-state index in [-0.39, 0.29) is 6.04 Å². The van der Waals surface area contributed by atoms with Gasteiger partial charge in [-0.3, -0.25) is 4.90 Å². The smallest absolute Gasteiger partial charge is 0.169 e. The molecule has 0 spiro atoms. The number of halogens is 1. The largest absolute Gasteiger partial charge is 0.468 e. The Morgan fingerprint density at radius 2 is 2.21 bits per heavy atom. The molecule has 0 amide bonds. The SMILES string of the molecule is NCC(c1ccc(Br)o1)N(Cc1ccco1)C1CC1. The van der Waals surface area contributed by atoms with Crippen molar-refractivity contribution in [2.75, 3.05) is 6.54 Å². The number of nitrogens with zero attached hydrogens (tertiary/aromatic N) is 1. The highest BCUT2D eigenvalue weighted by Crippen LogP contribution is 2.36. The summed E-state index contributed by atoms with van der Waals surface area (Å²) in [6.45, 7) is 1.31. The average molecular weight is 325 g/mol. The number of nitrogens with two attached hydrogens (primary N) is 1. The molecule has 2 aromatic heterocycles. The predicted octanol–water partition coefficient (Wildman–Crippen LogP) is 3.30. The molecule has 0 aromatic carbocycles. The summed E-state index contributed by atoms with van der Waals surface area (Å²) in [6, 6.07) is 8.50. The number of hydrogen-bond acceptors (Lipinski definition) is 4. The maximum atomic E-state index is 5.96. The van der Waals surface area contributed by atoms with Gasteiger partial charge < -0.3 is 14.6 Å². The summed E-state index contributed by atoms with van der Waals surface area (Å²) >= 11 is 3.35. The minimum Gasteiger partial charge on any atom is -0.468 e. The summed E-state index contributed by atoms with van der Waals surface area (Å²) in [5.74, 6) is 1.88. The van der Waals surface area contributed by atoms with Crippen molar-refractivity contribution in [3.05, 3.63) is 46.7 Å². The maximum absolute atomic E-state index is 5.96. The lowest BCUT2D eigenvalue weighted by Gasteiger charge is -2.28. The maximum Gasteiger partial charge on any atom is 0.169 e.